The average Bonchev–Trinajstić information content (AvgIpc) is 2.26. The number of carbonyl (C=O) groups is 1. The molecule has 94 valence electrons. The number of amides is 1. The molecule has 2 N–H and O–H groups in total. The Bertz CT molecular complexity index is 470. The number of H-pyrrole nitrogens is 1. The van der Waals surface area contributed by atoms with Crippen molar-refractivity contribution in [3.8, 4) is 0 Å². The summed E-state index contributed by atoms with van der Waals surface area (Å²) in [7, 11) is -0.858. The molecule has 0 radical (unpaired) electrons. The summed E-state index contributed by atoms with van der Waals surface area (Å²) in [6.07, 6.45) is 2.27. The Morgan fingerprint density at radius 3 is 2.82 bits per heavy atom. The summed E-state index contributed by atoms with van der Waals surface area (Å²) in [5.74, 6) is 0.226. The molecule has 0 spiro atoms. The Balaban J connectivity index is 2.54. The monoisotopic (exact) mass is 256 g/mol. The van der Waals surface area contributed by atoms with Crippen LogP contribution in [0.1, 0.15) is 23.8 Å². The van der Waals surface area contributed by atoms with E-state index < -0.39 is 10.8 Å². The summed E-state index contributed by atoms with van der Waals surface area (Å²) >= 11 is 0. The molecule has 0 aliphatic carbocycles. The first-order valence-corrected chi connectivity index (χ1v) is 7.02. The lowest BCUT2D eigenvalue weighted by Gasteiger charge is -2.12. The molecule has 1 amide bonds. The molecule has 0 aliphatic rings. The van der Waals surface area contributed by atoms with Gasteiger partial charge in [0.15, 0.2) is 0 Å². The van der Waals surface area contributed by atoms with Gasteiger partial charge in [0, 0.05) is 34.9 Å². The molecule has 1 rings (SSSR count). The van der Waals surface area contributed by atoms with Gasteiger partial charge >= 0.3 is 0 Å². The van der Waals surface area contributed by atoms with Crippen LogP contribution in [-0.2, 0) is 10.8 Å². The molecule has 2 unspecified atom stereocenters. The van der Waals surface area contributed by atoms with E-state index in [-0.39, 0.29) is 23.2 Å². The SMILES string of the molecule is CC(CCS(C)=O)NC(=O)c1cccc(=O)[nH]1. The van der Waals surface area contributed by atoms with Crippen LogP contribution in [0.15, 0.2) is 23.0 Å². The van der Waals surface area contributed by atoms with Crippen molar-refractivity contribution < 1.29 is 9.00 Å². The van der Waals surface area contributed by atoms with Crippen molar-refractivity contribution in [1.29, 1.82) is 0 Å². The maximum absolute atomic E-state index is 11.7. The zero-order valence-electron chi connectivity index (χ0n) is 9.86. The van der Waals surface area contributed by atoms with Crippen LogP contribution in [0.5, 0.6) is 0 Å². The van der Waals surface area contributed by atoms with Crippen molar-refractivity contribution in [2.75, 3.05) is 12.0 Å². The average molecular weight is 256 g/mol. The van der Waals surface area contributed by atoms with E-state index in [1.165, 1.54) is 12.1 Å². The normalized spacial score (nSPS) is 14.0. The third-order valence-electron chi connectivity index (χ3n) is 2.23. The second kappa shape index (κ2) is 6.34. The Morgan fingerprint density at radius 2 is 2.24 bits per heavy atom. The predicted molar refractivity (Wildman–Crippen MR) is 67.5 cm³/mol. The molecule has 1 heterocycles. The van der Waals surface area contributed by atoms with Gasteiger partial charge in [-0.15, -0.1) is 0 Å². The van der Waals surface area contributed by atoms with Crippen LogP contribution in [0.2, 0.25) is 0 Å². The first kappa shape index (κ1) is 13.6. The Hall–Kier alpha value is -1.43. The van der Waals surface area contributed by atoms with Gasteiger partial charge in [0.2, 0.25) is 5.56 Å². The molecular weight excluding hydrogens is 240 g/mol. The van der Waals surface area contributed by atoms with Gasteiger partial charge < -0.3 is 10.3 Å². The van der Waals surface area contributed by atoms with Gasteiger partial charge in [0.1, 0.15) is 5.69 Å². The molecule has 1 aromatic heterocycles. The summed E-state index contributed by atoms with van der Waals surface area (Å²) in [5, 5.41) is 2.74. The molecular formula is C11H16N2O3S. The number of pyridine rings is 1. The quantitative estimate of drug-likeness (QED) is 0.793. The number of hydrogen-bond donors (Lipinski definition) is 2. The van der Waals surface area contributed by atoms with Gasteiger partial charge in [0.25, 0.3) is 5.91 Å². The third kappa shape index (κ3) is 4.95. The van der Waals surface area contributed by atoms with Crippen LogP contribution >= 0.6 is 0 Å². The van der Waals surface area contributed by atoms with Crippen molar-refractivity contribution in [3.63, 3.8) is 0 Å². The highest BCUT2D eigenvalue weighted by atomic mass is 32.2. The predicted octanol–water partition coefficient (Wildman–Crippen LogP) is 0.262. The van der Waals surface area contributed by atoms with E-state index in [1.807, 2.05) is 6.92 Å². The zero-order valence-corrected chi connectivity index (χ0v) is 10.7. The topological polar surface area (TPSA) is 79.0 Å². The van der Waals surface area contributed by atoms with E-state index in [1.54, 1.807) is 12.3 Å². The molecule has 6 heteroatoms. The summed E-state index contributed by atoms with van der Waals surface area (Å²) < 4.78 is 10.9. The molecule has 0 bridgehead atoms. The Kier molecular flexibility index (Phi) is 5.09. The minimum absolute atomic E-state index is 0.0740. The molecule has 0 saturated carbocycles. The number of hydrogen-bond acceptors (Lipinski definition) is 3. The summed E-state index contributed by atoms with van der Waals surface area (Å²) in [6.45, 7) is 1.84. The van der Waals surface area contributed by atoms with Crippen LogP contribution in [0.3, 0.4) is 0 Å². The van der Waals surface area contributed by atoms with Gasteiger partial charge in [-0.1, -0.05) is 6.07 Å². The van der Waals surface area contributed by atoms with E-state index in [2.05, 4.69) is 10.3 Å². The summed E-state index contributed by atoms with van der Waals surface area (Å²) in [4.78, 5) is 25.2. The smallest absolute Gasteiger partial charge is 0.268 e. The van der Waals surface area contributed by atoms with Gasteiger partial charge in [-0.3, -0.25) is 13.8 Å². The first-order chi connectivity index (χ1) is 7.99. The minimum atomic E-state index is -0.858. The summed E-state index contributed by atoms with van der Waals surface area (Å²) in [5.41, 5.74) is -0.0677. The number of aromatic amines is 1. The van der Waals surface area contributed by atoms with Gasteiger partial charge in [-0.25, -0.2) is 0 Å². The lowest BCUT2D eigenvalue weighted by molar-refractivity contribution is 0.0934. The lowest BCUT2D eigenvalue weighted by Crippen LogP contribution is -2.34. The number of nitrogens with one attached hydrogen (secondary N) is 2. The first-order valence-electron chi connectivity index (χ1n) is 5.29. The van der Waals surface area contributed by atoms with Crippen molar-refractivity contribution >= 4 is 16.7 Å². The van der Waals surface area contributed by atoms with E-state index in [9.17, 15) is 13.8 Å². The highest BCUT2D eigenvalue weighted by Crippen LogP contribution is 1.96. The van der Waals surface area contributed by atoms with Crippen LogP contribution in [0, 0.1) is 0 Å². The molecule has 1 aromatic rings. The molecule has 0 fully saturated rings. The van der Waals surface area contributed by atoms with E-state index in [0.29, 0.717) is 12.2 Å². The standard InChI is InChI=1S/C11H16N2O3S/c1-8(6-7-17(2)16)12-11(15)9-4-3-5-10(14)13-9/h3-5,8H,6-7H2,1-2H3,(H,12,15)(H,13,14). The van der Waals surface area contributed by atoms with Gasteiger partial charge in [-0.2, -0.15) is 0 Å². The fourth-order valence-corrected chi connectivity index (χ4v) is 1.98. The molecule has 0 aliphatic heterocycles. The van der Waals surface area contributed by atoms with Crippen molar-refractivity contribution in [3.05, 3.63) is 34.2 Å². The van der Waals surface area contributed by atoms with Crippen LogP contribution in [0.4, 0.5) is 0 Å². The molecule has 5 nitrogen and oxygen atoms in total. The third-order valence-corrected chi connectivity index (χ3v) is 3.04. The zero-order chi connectivity index (χ0) is 12.8. The number of aromatic nitrogens is 1. The highest BCUT2D eigenvalue weighted by Gasteiger charge is 2.10. The van der Waals surface area contributed by atoms with Crippen molar-refractivity contribution in [2.45, 2.75) is 19.4 Å². The molecule has 0 aromatic carbocycles. The van der Waals surface area contributed by atoms with Crippen molar-refractivity contribution in [1.82, 2.24) is 10.3 Å². The molecule has 0 saturated heterocycles. The van der Waals surface area contributed by atoms with Gasteiger partial charge in [-0.05, 0) is 19.4 Å². The Morgan fingerprint density at radius 1 is 1.53 bits per heavy atom. The van der Waals surface area contributed by atoms with E-state index in [4.69, 9.17) is 0 Å². The van der Waals surface area contributed by atoms with Crippen LogP contribution in [0.25, 0.3) is 0 Å². The second-order valence-electron chi connectivity index (χ2n) is 3.87. The molecule has 17 heavy (non-hydrogen) atoms. The van der Waals surface area contributed by atoms with Crippen molar-refractivity contribution in [2.24, 2.45) is 0 Å². The largest absolute Gasteiger partial charge is 0.348 e. The van der Waals surface area contributed by atoms with E-state index in [0.717, 1.165) is 0 Å². The second-order valence-corrected chi connectivity index (χ2v) is 5.42. The minimum Gasteiger partial charge on any atom is -0.348 e. The van der Waals surface area contributed by atoms with Crippen LogP contribution in [-0.4, -0.2) is 33.2 Å². The maximum Gasteiger partial charge on any atom is 0.268 e. The Labute approximate surface area is 102 Å². The highest BCUT2D eigenvalue weighted by molar-refractivity contribution is 7.84. The maximum atomic E-state index is 11.7. The summed E-state index contributed by atoms with van der Waals surface area (Å²) in [6, 6.07) is 4.34. The fourth-order valence-electron chi connectivity index (χ4n) is 1.30. The van der Waals surface area contributed by atoms with Gasteiger partial charge in [0.05, 0.1) is 0 Å². The fraction of sp³-hybridized carbons (Fsp3) is 0.455. The van der Waals surface area contributed by atoms with E-state index >= 15 is 0 Å². The number of carbonyl (C=O) groups excluding carboxylic acids is 1. The lowest BCUT2D eigenvalue weighted by atomic mass is 10.2. The molecule has 2 atom stereocenters. The number of rotatable bonds is 5. The van der Waals surface area contributed by atoms with Crippen LogP contribution < -0.4 is 10.9 Å².